The van der Waals surface area contributed by atoms with E-state index in [2.05, 4.69) is 0 Å². The maximum Gasteiger partial charge on any atom is 0.131 e. The van der Waals surface area contributed by atoms with Crippen LogP contribution in [0.3, 0.4) is 0 Å². The van der Waals surface area contributed by atoms with Crippen LogP contribution in [-0.4, -0.2) is 9.55 Å². The van der Waals surface area contributed by atoms with Crippen LogP contribution in [0, 0.1) is 12.7 Å². The molecule has 20 heavy (non-hydrogen) atoms. The van der Waals surface area contributed by atoms with Crippen molar-refractivity contribution in [2.24, 2.45) is 7.05 Å². The van der Waals surface area contributed by atoms with Crippen molar-refractivity contribution in [3.63, 3.8) is 0 Å². The highest BCUT2D eigenvalue weighted by atomic mass is 19.1. The lowest BCUT2D eigenvalue weighted by Crippen LogP contribution is -2.05. The molecule has 0 bridgehead atoms. The molecular weight excluding hydrogens is 253 g/mol. The van der Waals surface area contributed by atoms with Crippen LogP contribution in [0.4, 0.5) is 10.2 Å². The summed E-state index contributed by atoms with van der Waals surface area (Å²) in [5.74, 6) is 2.05. The van der Waals surface area contributed by atoms with Crippen molar-refractivity contribution in [3.8, 4) is 11.3 Å². The summed E-state index contributed by atoms with van der Waals surface area (Å²) >= 11 is 0. The van der Waals surface area contributed by atoms with E-state index in [1.807, 2.05) is 17.7 Å². The molecule has 3 rings (SSSR count). The summed E-state index contributed by atoms with van der Waals surface area (Å²) < 4.78 is 15.4. The minimum absolute atomic E-state index is 0.195. The van der Waals surface area contributed by atoms with Crippen LogP contribution >= 0.6 is 0 Å². The van der Waals surface area contributed by atoms with Crippen molar-refractivity contribution in [2.75, 3.05) is 5.73 Å². The average molecular weight is 273 g/mol. The first kappa shape index (κ1) is 13.2. The third-order valence-corrected chi connectivity index (χ3v) is 4.33. The maximum absolute atomic E-state index is 13.4. The number of hydrogen-bond donors (Lipinski definition) is 1. The van der Waals surface area contributed by atoms with Gasteiger partial charge < -0.3 is 10.3 Å². The summed E-state index contributed by atoms with van der Waals surface area (Å²) in [6.07, 6.45) is 4.91. The highest BCUT2D eigenvalue weighted by Crippen LogP contribution is 2.37. The number of hydrogen-bond acceptors (Lipinski definition) is 2. The predicted molar refractivity (Wildman–Crippen MR) is 79.0 cm³/mol. The van der Waals surface area contributed by atoms with E-state index in [1.54, 1.807) is 13.0 Å². The Hall–Kier alpha value is -1.84. The lowest BCUT2D eigenvalue weighted by molar-refractivity contribution is 0.618. The van der Waals surface area contributed by atoms with Crippen molar-refractivity contribution in [3.05, 3.63) is 35.4 Å². The fraction of sp³-hybridized carbons (Fsp3) is 0.438. The number of halogens is 1. The molecule has 1 aromatic heterocycles. The van der Waals surface area contributed by atoms with Gasteiger partial charge in [0, 0.05) is 18.5 Å². The van der Waals surface area contributed by atoms with Gasteiger partial charge in [0.2, 0.25) is 0 Å². The smallest absolute Gasteiger partial charge is 0.131 e. The zero-order chi connectivity index (χ0) is 14.3. The molecule has 0 unspecified atom stereocenters. The molecule has 0 atom stereocenters. The molecule has 1 aliphatic rings. The molecule has 1 fully saturated rings. The molecule has 2 N–H and O–H groups in total. The number of benzene rings is 1. The Morgan fingerprint density at radius 3 is 2.65 bits per heavy atom. The largest absolute Gasteiger partial charge is 0.383 e. The molecule has 1 aromatic carbocycles. The molecule has 1 heterocycles. The highest BCUT2D eigenvalue weighted by molar-refractivity contribution is 5.71. The topological polar surface area (TPSA) is 43.8 Å². The molecule has 0 saturated heterocycles. The van der Waals surface area contributed by atoms with Crippen molar-refractivity contribution in [1.82, 2.24) is 9.55 Å². The molecule has 0 spiro atoms. The second kappa shape index (κ2) is 4.93. The number of nitrogen functional groups attached to an aromatic ring is 1. The van der Waals surface area contributed by atoms with Crippen molar-refractivity contribution in [1.29, 1.82) is 0 Å². The molecule has 0 radical (unpaired) electrons. The van der Waals surface area contributed by atoms with Crippen LogP contribution in [0.15, 0.2) is 18.2 Å². The van der Waals surface area contributed by atoms with Crippen molar-refractivity contribution in [2.45, 2.75) is 38.5 Å². The Bertz CT molecular complexity index is 639. The maximum atomic E-state index is 13.4. The molecule has 2 aromatic rings. The van der Waals surface area contributed by atoms with E-state index in [9.17, 15) is 4.39 Å². The lowest BCUT2D eigenvalue weighted by Gasteiger charge is -2.08. The summed E-state index contributed by atoms with van der Waals surface area (Å²) in [4.78, 5) is 4.75. The molecular formula is C16H20FN3. The van der Waals surface area contributed by atoms with E-state index in [4.69, 9.17) is 10.7 Å². The van der Waals surface area contributed by atoms with Crippen LogP contribution in [0.5, 0.6) is 0 Å². The standard InChI is InChI=1S/C16H20FN3/c1-10-9-12(7-8-13(10)17)14-15(18)20(2)16(19-14)11-5-3-4-6-11/h7-9,11H,3-6,18H2,1-2H3. The minimum Gasteiger partial charge on any atom is -0.383 e. The van der Waals surface area contributed by atoms with Gasteiger partial charge in [-0.25, -0.2) is 9.37 Å². The van der Waals surface area contributed by atoms with Crippen LogP contribution in [0.2, 0.25) is 0 Å². The fourth-order valence-corrected chi connectivity index (χ4v) is 3.08. The number of aryl methyl sites for hydroxylation is 1. The zero-order valence-electron chi connectivity index (χ0n) is 12.0. The molecule has 0 amide bonds. The van der Waals surface area contributed by atoms with Gasteiger partial charge in [-0.2, -0.15) is 0 Å². The molecule has 106 valence electrons. The molecule has 1 saturated carbocycles. The first-order chi connectivity index (χ1) is 9.58. The van der Waals surface area contributed by atoms with Crippen LogP contribution in [0.25, 0.3) is 11.3 Å². The fourth-order valence-electron chi connectivity index (χ4n) is 3.08. The van der Waals surface area contributed by atoms with E-state index in [0.717, 1.165) is 17.1 Å². The summed E-state index contributed by atoms with van der Waals surface area (Å²) in [7, 11) is 1.97. The SMILES string of the molecule is Cc1cc(-c2nc(C3CCCC3)n(C)c2N)ccc1F. The van der Waals surface area contributed by atoms with E-state index in [0.29, 0.717) is 17.3 Å². The number of imidazole rings is 1. The predicted octanol–water partition coefficient (Wildman–Crippen LogP) is 3.77. The lowest BCUT2D eigenvalue weighted by atomic mass is 10.1. The van der Waals surface area contributed by atoms with Gasteiger partial charge >= 0.3 is 0 Å². The third-order valence-electron chi connectivity index (χ3n) is 4.33. The second-order valence-corrected chi connectivity index (χ2v) is 5.71. The number of anilines is 1. The van der Waals surface area contributed by atoms with Gasteiger partial charge in [-0.3, -0.25) is 0 Å². The molecule has 0 aliphatic heterocycles. The van der Waals surface area contributed by atoms with E-state index in [-0.39, 0.29) is 5.82 Å². The summed E-state index contributed by atoms with van der Waals surface area (Å²) in [6, 6.07) is 5.04. The van der Waals surface area contributed by atoms with Gasteiger partial charge in [0.25, 0.3) is 0 Å². The molecule has 1 aliphatic carbocycles. The van der Waals surface area contributed by atoms with Gasteiger partial charge in [0.05, 0.1) is 0 Å². The quantitative estimate of drug-likeness (QED) is 0.905. The number of nitrogens with two attached hydrogens (primary N) is 1. The van der Waals surface area contributed by atoms with Gasteiger partial charge in [-0.15, -0.1) is 0 Å². The van der Waals surface area contributed by atoms with E-state index >= 15 is 0 Å². The average Bonchev–Trinajstić information content (AvgIpc) is 3.04. The number of nitrogens with zero attached hydrogens (tertiary/aromatic N) is 2. The number of rotatable bonds is 2. The number of aromatic nitrogens is 2. The highest BCUT2D eigenvalue weighted by Gasteiger charge is 2.24. The molecule has 4 heteroatoms. The van der Waals surface area contributed by atoms with Crippen LogP contribution in [0.1, 0.15) is 43.0 Å². The van der Waals surface area contributed by atoms with Gasteiger partial charge in [0.15, 0.2) is 0 Å². The van der Waals surface area contributed by atoms with E-state index in [1.165, 1.54) is 31.7 Å². The first-order valence-corrected chi connectivity index (χ1v) is 7.16. The zero-order valence-corrected chi connectivity index (χ0v) is 12.0. The van der Waals surface area contributed by atoms with E-state index < -0.39 is 0 Å². The molecule has 3 nitrogen and oxygen atoms in total. The summed E-state index contributed by atoms with van der Waals surface area (Å²) in [5.41, 5.74) is 8.48. The third kappa shape index (κ3) is 2.09. The van der Waals surface area contributed by atoms with Gasteiger partial charge in [0.1, 0.15) is 23.2 Å². The van der Waals surface area contributed by atoms with Crippen molar-refractivity contribution < 1.29 is 4.39 Å². The van der Waals surface area contributed by atoms with Gasteiger partial charge in [-0.1, -0.05) is 12.8 Å². The summed E-state index contributed by atoms with van der Waals surface area (Å²) in [5, 5.41) is 0. The summed E-state index contributed by atoms with van der Waals surface area (Å²) in [6.45, 7) is 1.76. The van der Waals surface area contributed by atoms with Crippen LogP contribution in [-0.2, 0) is 7.05 Å². The van der Waals surface area contributed by atoms with Crippen LogP contribution < -0.4 is 5.73 Å². The monoisotopic (exact) mass is 273 g/mol. The Morgan fingerprint density at radius 1 is 1.30 bits per heavy atom. The second-order valence-electron chi connectivity index (χ2n) is 5.71. The Morgan fingerprint density at radius 2 is 2.00 bits per heavy atom. The van der Waals surface area contributed by atoms with Gasteiger partial charge in [-0.05, 0) is 43.5 Å². The normalized spacial score (nSPS) is 15.9. The first-order valence-electron chi connectivity index (χ1n) is 7.16. The Labute approximate surface area is 118 Å². The Kier molecular flexibility index (Phi) is 3.24. The minimum atomic E-state index is -0.195. The van der Waals surface area contributed by atoms with Crippen molar-refractivity contribution >= 4 is 5.82 Å². The Balaban J connectivity index is 2.05.